The molecule has 19 heteroatoms. The highest BCUT2D eigenvalue weighted by molar-refractivity contribution is 5.99. The van der Waals surface area contributed by atoms with Gasteiger partial charge in [0, 0.05) is 16.7 Å². The highest BCUT2D eigenvalue weighted by Gasteiger charge is 2.38. The summed E-state index contributed by atoms with van der Waals surface area (Å²) < 4.78 is 74.2. The average molecular weight is 654 g/mol. The number of hydrogen-bond donors (Lipinski definition) is 7. The van der Waals surface area contributed by atoms with Crippen LogP contribution in [0, 0.1) is 10.8 Å². The molecule has 248 valence electrons. The maximum absolute atomic E-state index is 12.5. The van der Waals surface area contributed by atoms with Gasteiger partial charge in [0.15, 0.2) is 0 Å². The van der Waals surface area contributed by atoms with Crippen molar-refractivity contribution in [3.05, 3.63) is 65.2 Å². The number of halogens is 6. The van der Waals surface area contributed by atoms with Crippen molar-refractivity contribution >= 4 is 35.5 Å². The van der Waals surface area contributed by atoms with Gasteiger partial charge in [-0.1, -0.05) is 24.3 Å². The smallest absolute Gasteiger partial charge is 0.490 e. The van der Waals surface area contributed by atoms with Gasteiger partial charge < -0.3 is 36.5 Å². The number of hydrogen-bond acceptors (Lipinski definition) is 8. The maximum atomic E-state index is 12.5. The number of carbonyl (C=O) groups excluding carboxylic acids is 2. The lowest BCUT2D eigenvalue weighted by molar-refractivity contribution is -0.193. The summed E-state index contributed by atoms with van der Waals surface area (Å²) in [5, 5.41) is 31.8. The minimum absolute atomic E-state index is 0.0492. The van der Waals surface area contributed by atoms with Gasteiger partial charge in [-0.2, -0.15) is 26.3 Å². The van der Waals surface area contributed by atoms with Crippen molar-refractivity contribution in [3.63, 3.8) is 0 Å². The van der Waals surface area contributed by atoms with Crippen molar-refractivity contribution in [3.8, 4) is 5.75 Å². The quantitative estimate of drug-likeness (QED) is 0.0615. The number of rotatable bonds is 11. The zero-order valence-corrected chi connectivity index (χ0v) is 23.3. The number of benzene rings is 2. The molecule has 0 heterocycles. The van der Waals surface area contributed by atoms with Crippen LogP contribution in [-0.2, 0) is 19.1 Å². The van der Waals surface area contributed by atoms with E-state index in [1.54, 1.807) is 55.5 Å². The number of carboxylic acids is 2. The summed E-state index contributed by atoms with van der Waals surface area (Å²) in [6.07, 6.45) is -9.36. The van der Waals surface area contributed by atoms with E-state index in [1.807, 2.05) is 0 Å². The van der Waals surface area contributed by atoms with Gasteiger partial charge in [-0.25, -0.2) is 14.4 Å². The first-order valence-electron chi connectivity index (χ1n) is 12.3. The predicted molar refractivity (Wildman–Crippen MR) is 145 cm³/mol. The van der Waals surface area contributed by atoms with Gasteiger partial charge in [0.25, 0.3) is 5.91 Å². The molecule has 0 saturated heterocycles. The summed E-state index contributed by atoms with van der Waals surface area (Å²) >= 11 is 0. The number of aliphatic carboxylic acids is 2. The van der Waals surface area contributed by atoms with Crippen molar-refractivity contribution < 1.29 is 65.2 Å². The lowest BCUT2D eigenvalue weighted by Crippen LogP contribution is -2.42. The Morgan fingerprint density at radius 2 is 1.31 bits per heavy atom. The first-order chi connectivity index (χ1) is 20.7. The Morgan fingerprint density at radius 3 is 1.73 bits per heavy atom. The van der Waals surface area contributed by atoms with E-state index in [1.165, 1.54) is 0 Å². The molecule has 2 rings (SSSR count). The number of amidine groups is 2. The first kappa shape index (κ1) is 39.6. The lowest BCUT2D eigenvalue weighted by Gasteiger charge is -2.17. The molecule has 13 nitrogen and oxygen atoms in total. The molecule has 0 fully saturated rings. The summed E-state index contributed by atoms with van der Waals surface area (Å²) in [6, 6.07) is 12.3. The van der Waals surface area contributed by atoms with E-state index in [2.05, 4.69) is 5.32 Å². The van der Waals surface area contributed by atoms with E-state index in [0.717, 1.165) is 0 Å². The minimum atomic E-state index is -5.08. The molecule has 0 aliphatic heterocycles. The van der Waals surface area contributed by atoms with Crippen LogP contribution in [0.2, 0.25) is 0 Å². The normalized spacial score (nSPS) is 11.3. The Bertz CT molecular complexity index is 1310. The Balaban J connectivity index is 0.00000114. The van der Waals surface area contributed by atoms with Gasteiger partial charge in [-0.3, -0.25) is 15.6 Å². The SMILES string of the molecule is CCOC(=O)[C@H](CCCOc1cccc(C(=N)N)c1)NC(=O)c1ccc(C(=N)N)cc1.O=C(O)C(F)(F)F.O=C(O)C(F)(F)F. The van der Waals surface area contributed by atoms with E-state index >= 15 is 0 Å². The van der Waals surface area contributed by atoms with Crippen LogP contribution in [0.25, 0.3) is 0 Å². The molecule has 0 aliphatic carbocycles. The largest absolute Gasteiger partial charge is 0.494 e. The van der Waals surface area contributed by atoms with Crippen LogP contribution in [-0.4, -0.2) is 77.3 Å². The molecule has 1 amide bonds. The van der Waals surface area contributed by atoms with E-state index in [0.29, 0.717) is 41.9 Å². The Labute approximate surface area is 251 Å². The molecule has 0 unspecified atom stereocenters. The van der Waals surface area contributed by atoms with Crippen LogP contribution in [0.3, 0.4) is 0 Å². The fourth-order valence-corrected chi connectivity index (χ4v) is 2.77. The third kappa shape index (κ3) is 16.2. The molecule has 9 N–H and O–H groups in total. The third-order valence-electron chi connectivity index (χ3n) is 4.87. The highest BCUT2D eigenvalue weighted by Crippen LogP contribution is 2.15. The molecule has 0 radical (unpaired) electrons. The Morgan fingerprint density at radius 1 is 0.844 bits per heavy atom. The van der Waals surface area contributed by atoms with Crippen LogP contribution < -0.4 is 21.5 Å². The summed E-state index contributed by atoms with van der Waals surface area (Å²) in [7, 11) is 0. The second-order valence-corrected chi connectivity index (χ2v) is 8.31. The number of nitrogen functional groups attached to an aromatic ring is 2. The molecule has 0 aromatic heterocycles. The van der Waals surface area contributed by atoms with E-state index in [-0.39, 0.29) is 18.3 Å². The summed E-state index contributed by atoms with van der Waals surface area (Å²) in [5.74, 6) is -6.04. The third-order valence-corrected chi connectivity index (χ3v) is 4.87. The van der Waals surface area contributed by atoms with Crippen molar-refractivity contribution in [1.29, 1.82) is 10.8 Å². The fourth-order valence-electron chi connectivity index (χ4n) is 2.77. The van der Waals surface area contributed by atoms with Crippen molar-refractivity contribution in [1.82, 2.24) is 5.32 Å². The zero-order valence-electron chi connectivity index (χ0n) is 23.3. The molecule has 0 spiro atoms. The molecular weight excluding hydrogens is 624 g/mol. The standard InChI is InChI=1S/C22H27N5O4.2C2HF3O2/c1-2-30-22(29)18(27-21(28)15-10-8-14(9-11-15)19(23)24)7-4-12-31-17-6-3-5-16(13-17)20(25)26;2*3-2(4,5)1(6)7/h3,5-6,8-11,13,18H,2,4,7,12H2,1H3,(H3,23,24)(H3,25,26)(H,27,28);2*(H,6,7)/t18-;;/m0../s1. The van der Waals surface area contributed by atoms with Crippen LogP contribution in [0.4, 0.5) is 26.3 Å². The Kier molecular flexibility index (Phi) is 16.2. The van der Waals surface area contributed by atoms with Crippen LogP contribution in [0.5, 0.6) is 5.75 Å². The molecule has 45 heavy (non-hydrogen) atoms. The fraction of sp³-hybridized carbons (Fsp3) is 0.308. The molecule has 0 saturated carbocycles. The van der Waals surface area contributed by atoms with E-state index < -0.39 is 42.2 Å². The Hall–Kier alpha value is -5.36. The number of amides is 1. The number of esters is 1. The minimum Gasteiger partial charge on any atom is -0.494 e. The molecule has 0 aliphatic rings. The topological polar surface area (TPSA) is 239 Å². The number of nitrogens with one attached hydrogen (secondary N) is 3. The average Bonchev–Trinajstić information content (AvgIpc) is 2.94. The van der Waals surface area contributed by atoms with Gasteiger partial charge in [0.1, 0.15) is 23.5 Å². The van der Waals surface area contributed by atoms with E-state index in [4.69, 9.17) is 51.6 Å². The lowest BCUT2D eigenvalue weighted by atomic mass is 10.1. The monoisotopic (exact) mass is 653 g/mol. The van der Waals surface area contributed by atoms with Crippen LogP contribution in [0.15, 0.2) is 48.5 Å². The number of alkyl halides is 6. The molecule has 2 aromatic carbocycles. The number of carbonyl (C=O) groups is 4. The maximum Gasteiger partial charge on any atom is 0.490 e. The van der Waals surface area contributed by atoms with Crippen LogP contribution in [0.1, 0.15) is 41.3 Å². The van der Waals surface area contributed by atoms with Gasteiger partial charge in [-0.05, 0) is 44.0 Å². The van der Waals surface area contributed by atoms with E-state index in [9.17, 15) is 35.9 Å². The van der Waals surface area contributed by atoms with Gasteiger partial charge in [0.05, 0.1) is 13.2 Å². The molecule has 0 bridgehead atoms. The molecular formula is C26H29F6N5O8. The van der Waals surface area contributed by atoms with Gasteiger partial charge in [0.2, 0.25) is 0 Å². The number of nitrogens with two attached hydrogens (primary N) is 2. The summed E-state index contributed by atoms with van der Waals surface area (Å²) in [4.78, 5) is 42.6. The number of carboxylic acid groups (broad SMARTS) is 2. The van der Waals surface area contributed by atoms with Crippen molar-refractivity contribution in [2.24, 2.45) is 11.5 Å². The van der Waals surface area contributed by atoms with Crippen molar-refractivity contribution in [2.75, 3.05) is 13.2 Å². The molecule has 2 aromatic rings. The van der Waals surface area contributed by atoms with Gasteiger partial charge >= 0.3 is 30.3 Å². The first-order valence-corrected chi connectivity index (χ1v) is 12.3. The second kappa shape index (κ2) is 18.3. The second-order valence-electron chi connectivity index (χ2n) is 8.31. The molecule has 1 atom stereocenters. The zero-order chi connectivity index (χ0) is 35.0. The van der Waals surface area contributed by atoms with Crippen LogP contribution >= 0.6 is 0 Å². The number of ether oxygens (including phenoxy) is 2. The van der Waals surface area contributed by atoms with Crippen molar-refractivity contribution in [2.45, 2.75) is 38.2 Å². The summed E-state index contributed by atoms with van der Waals surface area (Å²) in [6.45, 7) is 2.20. The summed E-state index contributed by atoms with van der Waals surface area (Å²) in [5.41, 5.74) is 12.3. The highest BCUT2D eigenvalue weighted by atomic mass is 19.4. The predicted octanol–water partition coefficient (Wildman–Crippen LogP) is 3.04. The van der Waals surface area contributed by atoms with Gasteiger partial charge in [-0.15, -0.1) is 0 Å².